The lowest BCUT2D eigenvalue weighted by Gasteiger charge is -2.19. The SMILES string of the molecule is C1=CCC(c2c3ccccc3cc3ccccc23)C=C1. The van der Waals surface area contributed by atoms with Gasteiger partial charge in [0.1, 0.15) is 0 Å². The molecule has 0 amide bonds. The van der Waals surface area contributed by atoms with Crippen LogP contribution in [0.4, 0.5) is 0 Å². The zero-order valence-corrected chi connectivity index (χ0v) is 11.3. The lowest BCUT2D eigenvalue weighted by Crippen LogP contribution is -1.99. The highest BCUT2D eigenvalue weighted by Gasteiger charge is 2.15. The molecule has 0 spiro atoms. The van der Waals surface area contributed by atoms with Gasteiger partial charge in [0.15, 0.2) is 0 Å². The van der Waals surface area contributed by atoms with Crippen LogP contribution < -0.4 is 0 Å². The van der Waals surface area contributed by atoms with Gasteiger partial charge in [-0.15, -0.1) is 0 Å². The Kier molecular flexibility index (Phi) is 2.67. The number of allylic oxidation sites excluding steroid dienone is 4. The average Bonchev–Trinajstić information content (AvgIpc) is 2.53. The van der Waals surface area contributed by atoms with Gasteiger partial charge >= 0.3 is 0 Å². The smallest absolute Gasteiger partial charge is 0.00680 e. The Bertz CT molecular complexity index is 783. The maximum absolute atomic E-state index is 2.33. The summed E-state index contributed by atoms with van der Waals surface area (Å²) in [7, 11) is 0. The van der Waals surface area contributed by atoms with Crippen molar-refractivity contribution in [3.63, 3.8) is 0 Å². The van der Waals surface area contributed by atoms with E-state index in [4.69, 9.17) is 0 Å². The summed E-state index contributed by atoms with van der Waals surface area (Å²) in [4.78, 5) is 0. The molecule has 20 heavy (non-hydrogen) atoms. The van der Waals surface area contributed by atoms with Crippen molar-refractivity contribution < 1.29 is 0 Å². The molecule has 0 heterocycles. The van der Waals surface area contributed by atoms with Gasteiger partial charge in [-0.3, -0.25) is 0 Å². The number of hydrogen-bond acceptors (Lipinski definition) is 0. The molecule has 3 aromatic rings. The van der Waals surface area contributed by atoms with Crippen LogP contribution in [0.15, 0.2) is 78.9 Å². The fourth-order valence-corrected chi connectivity index (χ4v) is 3.24. The lowest BCUT2D eigenvalue weighted by molar-refractivity contribution is 0.870. The van der Waals surface area contributed by atoms with E-state index in [1.165, 1.54) is 27.1 Å². The largest absolute Gasteiger partial charge is 0.0836 e. The summed E-state index contributed by atoms with van der Waals surface area (Å²) in [5.74, 6) is 0.482. The molecular weight excluding hydrogens is 240 g/mol. The minimum atomic E-state index is 0.482. The van der Waals surface area contributed by atoms with Crippen LogP contribution in [0.25, 0.3) is 21.5 Å². The predicted molar refractivity (Wildman–Crippen MR) is 87.1 cm³/mol. The monoisotopic (exact) mass is 256 g/mol. The summed E-state index contributed by atoms with van der Waals surface area (Å²) in [6.45, 7) is 0. The minimum absolute atomic E-state index is 0.482. The van der Waals surface area contributed by atoms with Crippen LogP contribution in [-0.2, 0) is 0 Å². The highest BCUT2D eigenvalue weighted by atomic mass is 14.2. The van der Waals surface area contributed by atoms with Crippen molar-refractivity contribution in [2.75, 3.05) is 0 Å². The molecule has 3 aromatic carbocycles. The first-order valence-corrected chi connectivity index (χ1v) is 7.17. The van der Waals surface area contributed by atoms with Crippen molar-refractivity contribution in [2.45, 2.75) is 12.3 Å². The van der Waals surface area contributed by atoms with E-state index in [1.807, 2.05) is 0 Å². The van der Waals surface area contributed by atoms with Crippen LogP contribution in [-0.4, -0.2) is 0 Å². The van der Waals surface area contributed by atoms with Gasteiger partial charge in [-0.1, -0.05) is 72.8 Å². The summed E-state index contributed by atoms with van der Waals surface area (Å²) >= 11 is 0. The van der Waals surface area contributed by atoms with Gasteiger partial charge < -0.3 is 0 Å². The van der Waals surface area contributed by atoms with E-state index in [1.54, 1.807) is 0 Å². The molecule has 0 heteroatoms. The average molecular weight is 256 g/mol. The fraction of sp³-hybridized carbons (Fsp3) is 0.100. The molecule has 1 aliphatic carbocycles. The molecule has 96 valence electrons. The molecule has 0 aromatic heterocycles. The Morgan fingerprint density at radius 2 is 1.40 bits per heavy atom. The molecule has 4 rings (SSSR count). The molecule has 0 aliphatic heterocycles. The number of rotatable bonds is 1. The molecule has 1 aliphatic rings. The topological polar surface area (TPSA) is 0 Å². The van der Waals surface area contributed by atoms with Crippen LogP contribution in [0.5, 0.6) is 0 Å². The third kappa shape index (κ3) is 1.77. The summed E-state index contributed by atoms with van der Waals surface area (Å²) in [6, 6.07) is 19.8. The summed E-state index contributed by atoms with van der Waals surface area (Å²) in [6.07, 6.45) is 10.00. The number of fused-ring (bicyclic) bond motifs is 2. The first kappa shape index (κ1) is 11.5. The van der Waals surface area contributed by atoms with E-state index >= 15 is 0 Å². The van der Waals surface area contributed by atoms with Crippen molar-refractivity contribution in [1.82, 2.24) is 0 Å². The maximum Gasteiger partial charge on any atom is 0.00680 e. The van der Waals surface area contributed by atoms with E-state index in [9.17, 15) is 0 Å². The summed E-state index contributed by atoms with van der Waals surface area (Å²) in [5.41, 5.74) is 1.47. The van der Waals surface area contributed by atoms with Gasteiger partial charge in [0.2, 0.25) is 0 Å². The second-order valence-electron chi connectivity index (χ2n) is 5.39. The second kappa shape index (κ2) is 4.64. The van der Waals surface area contributed by atoms with Crippen LogP contribution in [0.2, 0.25) is 0 Å². The zero-order chi connectivity index (χ0) is 13.4. The van der Waals surface area contributed by atoms with Gasteiger partial charge in [-0.2, -0.15) is 0 Å². The Morgan fingerprint density at radius 1 is 0.750 bits per heavy atom. The summed E-state index contributed by atoms with van der Waals surface area (Å²) in [5, 5.41) is 5.45. The zero-order valence-electron chi connectivity index (χ0n) is 11.3. The Labute approximate surface area is 119 Å². The summed E-state index contributed by atoms with van der Waals surface area (Å²) < 4.78 is 0. The molecule has 0 nitrogen and oxygen atoms in total. The van der Waals surface area contributed by atoms with Gasteiger partial charge in [0.05, 0.1) is 0 Å². The molecule has 0 saturated carbocycles. The van der Waals surface area contributed by atoms with Gasteiger partial charge in [0, 0.05) is 5.92 Å². The van der Waals surface area contributed by atoms with Gasteiger partial charge in [-0.25, -0.2) is 0 Å². The molecule has 0 bridgehead atoms. The van der Waals surface area contributed by atoms with Crippen LogP contribution in [0.3, 0.4) is 0 Å². The first-order valence-electron chi connectivity index (χ1n) is 7.17. The van der Waals surface area contributed by atoms with Gasteiger partial charge in [0.25, 0.3) is 0 Å². The Morgan fingerprint density at radius 3 is 2.00 bits per heavy atom. The van der Waals surface area contributed by atoms with E-state index in [2.05, 4.69) is 78.9 Å². The molecule has 0 saturated heterocycles. The number of hydrogen-bond donors (Lipinski definition) is 0. The quantitative estimate of drug-likeness (QED) is 0.498. The molecule has 0 N–H and O–H groups in total. The van der Waals surface area contributed by atoms with Crippen molar-refractivity contribution in [3.8, 4) is 0 Å². The maximum atomic E-state index is 2.33. The van der Waals surface area contributed by atoms with Gasteiger partial charge in [-0.05, 0) is 39.6 Å². The molecular formula is C20H16. The van der Waals surface area contributed by atoms with Crippen molar-refractivity contribution in [3.05, 3.63) is 84.5 Å². The minimum Gasteiger partial charge on any atom is -0.0836 e. The molecule has 0 radical (unpaired) electrons. The second-order valence-corrected chi connectivity index (χ2v) is 5.39. The van der Waals surface area contributed by atoms with Crippen molar-refractivity contribution >= 4 is 21.5 Å². The Hall–Kier alpha value is -2.34. The molecule has 1 unspecified atom stereocenters. The van der Waals surface area contributed by atoms with E-state index in [0.717, 1.165) is 6.42 Å². The van der Waals surface area contributed by atoms with E-state index in [0.29, 0.717) is 5.92 Å². The van der Waals surface area contributed by atoms with E-state index < -0.39 is 0 Å². The third-order valence-corrected chi connectivity index (χ3v) is 4.16. The number of benzene rings is 3. The van der Waals surface area contributed by atoms with Crippen molar-refractivity contribution in [1.29, 1.82) is 0 Å². The fourth-order valence-electron chi connectivity index (χ4n) is 3.24. The predicted octanol–water partition coefficient (Wildman–Crippen LogP) is 5.59. The highest BCUT2D eigenvalue weighted by molar-refractivity contribution is 6.02. The third-order valence-electron chi connectivity index (χ3n) is 4.16. The first-order chi connectivity index (χ1) is 9.93. The Balaban J connectivity index is 2.11. The molecule has 0 fully saturated rings. The lowest BCUT2D eigenvalue weighted by atomic mass is 9.85. The normalized spacial score (nSPS) is 17.9. The van der Waals surface area contributed by atoms with Crippen LogP contribution >= 0.6 is 0 Å². The molecule has 1 atom stereocenters. The van der Waals surface area contributed by atoms with Crippen LogP contribution in [0, 0.1) is 0 Å². The van der Waals surface area contributed by atoms with E-state index in [-0.39, 0.29) is 0 Å². The van der Waals surface area contributed by atoms with Crippen molar-refractivity contribution in [2.24, 2.45) is 0 Å². The van der Waals surface area contributed by atoms with Crippen LogP contribution in [0.1, 0.15) is 17.9 Å². The standard InChI is InChI=1S/C20H16/c1-2-8-15(9-3-1)20-18-12-6-4-10-16(18)14-17-11-5-7-13-19(17)20/h1-8,10-15H,9H2. The highest BCUT2D eigenvalue weighted by Crippen LogP contribution is 2.36.